The van der Waals surface area contributed by atoms with E-state index in [1.807, 2.05) is 0 Å². The fraction of sp³-hybridized carbons (Fsp3) is 0.375. The summed E-state index contributed by atoms with van der Waals surface area (Å²) in [5.41, 5.74) is 0.639. The van der Waals surface area contributed by atoms with Crippen molar-refractivity contribution in [3.63, 3.8) is 0 Å². The minimum atomic E-state index is -1.10. The summed E-state index contributed by atoms with van der Waals surface area (Å²) in [5.74, 6) is -4.68. The molecule has 0 saturated carbocycles. The molecule has 0 aliphatic heterocycles. The fourth-order valence-corrected chi connectivity index (χ4v) is 8.23. The summed E-state index contributed by atoms with van der Waals surface area (Å²) >= 11 is 0. The van der Waals surface area contributed by atoms with Crippen LogP contribution < -0.4 is 20.9 Å². The van der Waals surface area contributed by atoms with Gasteiger partial charge in [-0.15, -0.1) is 0 Å². The highest BCUT2D eigenvalue weighted by atomic mass is 16.5. The Morgan fingerprint density at radius 2 is 1.52 bits per heavy atom. The van der Waals surface area contributed by atoms with Crippen molar-refractivity contribution in [1.82, 2.24) is 0 Å². The third-order valence-corrected chi connectivity index (χ3v) is 10.6. The quantitative estimate of drug-likeness (QED) is 0.0467. The lowest BCUT2D eigenvalue weighted by molar-refractivity contribution is -0.143. The maximum atomic E-state index is 14.8. The number of aliphatic hydroxyl groups is 2. The van der Waals surface area contributed by atoms with Gasteiger partial charge in [-0.05, 0) is 76.6 Å². The predicted molar refractivity (Wildman–Crippen MR) is 198 cm³/mol. The maximum Gasteiger partial charge on any atom is 0.307 e. The van der Waals surface area contributed by atoms with Gasteiger partial charge in [0.15, 0.2) is 17.4 Å². The van der Waals surface area contributed by atoms with E-state index >= 15 is 0 Å². The van der Waals surface area contributed by atoms with Crippen LogP contribution >= 0.6 is 0 Å². The molecule has 0 fully saturated rings. The van der Waals surface area contributed by atoms with Crippen molar-refractivity contribution in [1.29, 1.82) is 0 Å². The van der Waals surface area contributed by atoms with Crippen LogP contribution in [0.2, 0.25) is 0 Å². The zero-order valence-corrected chi connectivity index (χ0v) is 30.0. The largest absolute Gasteiger partial charge is 0.507 e. The first-order chi connectivity index (χ1) is 24.6. The van der Waals surface area contributed by atoms with Crippen LogP contribution in [0.4, 0.5) is 5.69 Å². The van der Waals surface area contributed by atoms with E-state index in [9.17, 15) is 44.4 Å². The zero-order valence-electron chi connectivity index (χ0n) is 30.0. The average molecular weight is 712 g/mol. The number of aliphatic hydroxyl groups excluding tert-OH is 2. The van der Waals surface area contributed by atoms with Gasteiger partial charge in [-0.25, -0.2) is 0 Å². The number of phenols is 1. The van der Waals surface area contributed by atoms with Crippen molar-refractivity contribution in [2.75, 3.05) is 12.4 Å². The van der Waals surface area contributed by atoms with Crippen molar-refractivity contribution in [3.8, 4) is 11.5 Å². The van der Waals surface area contributed by atoms with Crippen molar-refractivity contribution in [2.45, 2.75) is 73.3 Å². The van der Waals surface area contributed by atoms with Crippen LogP contribution in [0.5, 0.6) is 11.5 Å². The summed E-state index contributed by atoms with van der Waals surface area (Å²) in [5, 5.41) is 49.0. The van der Waals surface area contributed by atoms with Gasteiger partial charge in [0.05, 0.1) is 42.9 Å². The van der Waals surface area contributed by atoms with Gasteiger partial charge in [0.1, 0.15) is 11.5 Å². The minimum Gasteiger partial charge on any atom is -0.507 e. The highest BCUT2D eigenvalue weighted by Gasteiger charge is 2.37. The van der Waals surface area contributed by atoms with Crippen molar-refractivity contribution >= 4 is 73.1 Å². The molecule has 0 saturated heterocycles. The van der Waals surface area contributed by atoms with Crippen LogP contribution in [-0.4, -0.2) is 52.0 Å². The van der Waals surface area contributed by atoms with Gasteiger partial charge in [-0.1, -0.05) is 39.3 Å². The average Bonchev–Trinajstić information content (AvgIpc) is 3.21. The van der Waals surface area contributed by atoms with Gasteiger partial charge in [-0.2, -0.15) is 0 Å². The second kappa shape index (κ2) is 13.3. The smallest absolute Gasteiger partial charge is 0.307 e. The number of carboxylic acid groups (broad SMARTS) is 1. The van der Waals surface area contributed by atoms with E-state index in [2.05, 4.69) is 5.32 Å². The summed E-state index contributed by atoms with van der Waals surface area (Å²) in [4.78, 5) is 66.6. The molecule has 12 nitrogen and oxygen atoms in total. The van der Waals surface area contributed by atoms with Gasteiger partial charge < -0.3 is 35.2 Å². The Morgan fingerprint density at radius 3 is 2.04 bits per heavy atom. The first-order valence-corrected chi connectivity index (χ1v) is 17.1. The SMILES string of the molecule is COc1c2c3c4c(c(CC(C(=O)O)C(C)C)c(O)c5c(=O)cc(CO)c(c6c(CO)cc(NC(OC=O)C(C)C)c(c1=O)c63)c54)C=C(C)C2C(C)=O. The number of Topliss-reactive ketones (excluding diaryl/α,β-unsaturated/α-hetero) is 1. The molecule has 0 radical (unpaired) electrons. The molecule has 6 rings (SSSR count). The van der Waals surface area contributed by atoms with Crippen LogP contribution in [0.1, 0.15) is 75.3 Å². The molecule has 12 heteroatoms. The second-order valence-electron chi connectivity index (χ2n) is 14.3. The number of anilines is 1. The lowest BCUT2D eigenvalue weighted by Crippen LogP contribution is -2.29. The van der Waals surface area contributed by atoms with Crippen LogP contribution in [0.15, 0.2) is 27.3 Å². The third kappa shape index (κ3) is 5.23. The summed E-state index contributed by atoms with van der Waals surface area (Å²) in [6.07, 6.45) is 0.610. The summed E-state index contributed by atoms with van der Waals surface area (Å²) in [6, 6.07) is 2.73. The van der Waals surface area contributed by atoms with Crippen molar-refractivity contribution < 1.29 is 44.3 Å². The number of ketones is 1. The van der Waals surface area contributed by atoms with E-state index in [1.165, 1.54) is 26.2 Å². The summed E-state index contributed by atoms with van der Waals surface area (Å²) in [6.45, 7) is 9.27. The number of nitrogens with one attached hydrogen (secondary N) is 1. The Morgan fingerprint density at radius 1 is 0.904 bits per heavy atom. The van der Waals surface area contributed by atoms with E-state index in [-0.39, 0.29) is 85.7 Å². The van der Waals surface area contributed by atoms with Gasteiger partial charge in [0.2, 0.25) is 5.43 Å². The number of rotatable bonds is 13. The first kappa shape index (κ1) is 36.5. The van der Waals surface area contributed by atoms with Crippen molar-refractivity contribution in [3.05, 3.63) is 66.0 Å². The molecule has 3 atom stereocenters. The number of benzene rings is 5. The monoisotopic (exact) mass is 711 g/mol. The molecule has 272 valence electrons. The Labute approximate surface area is 298 Å². The molecule has 3 unspecified atom stereocenters. The Balaban J connectivity index is 2.05. The lowest BCUT2D eigenvalue weighted by Gasteiger charge is -2.28. The molecule has 0 bridgehead atoms. The van der Waals surface area contributed by atoms with E-state index < -0.39 is 53.9 Å². The number of hydrogen-bond acceptors (Lipinski definition) is 11. The summed E-state index contributed by atoms with van der Waals surface area (Å²) in [7, 11) is 1.31. The molecule has 5 aromatic carbocycles. The molecule has 1 aliphatic carbocycles. The van der Waals surface area contributed by atoms with Gasteiger partial charge in [0, 0.05) is 33.5 Å². The maximum absolute atomic E-state index is 14.8. The number of carboxylic acids is 1. The number of aromatic hydroxyl groups is 1. The summed E-state index contributed by atoms with van der Waals surface area (Å²) < 4.78 is 11.2. The number of carbonyl (C=O) groups excluding carboxylic acids is 2. The lowest BCUT2D eigenvalue weighted by atomic mass is 9.78. The van der Waals surface area contributed by atoms with E-state index in [0.29, 0.717) is 32.7 Å². The Bertz CT molecular complexity index is 2470. The molecule has 1 aliphatic rings. The van der Waals surface area contributed by atoms with Gasteiger partial charge >= 0.3 is 5.97 Å². The van der Waals surface area contributed by atoms with E-state index in [0.717, 1.165) is 0 Å². The molecule has 0 heterocycles. The molecule has 5 aromatic rings. The first-order valence-electron chi connectivity index (χ1n) is 17.1. The van der Waals surface area contributed by atoms with Gasteiger partial charge in [0.25, 0.3) is 6.47 Å². The number of phenolic OH excluding ortho intramolecular Hbond substituents is 1. The van der Waals surface area contributed by atoms with Crippen molar-refractivity contribution in [2.24, 2.45) is 17.8 Å². The van der Waals surface area contributed by atoms with E-state index in [4.69, 9.17) is 9.47 Å². The highest BCUT2D eigenvalue weighted by molar-refractivity contribution is 6.39. The Kier molecular flexibility index (Phi) is 9.35. The standard InChI is InChI=1S/C40H41NO11/c1-15(2)21(40(49)50)11-23-22-8-17(5)26(18(6)45)35-34-29(22)32-28(20(13-43)10-25(46)31(32)36(23)47)27-19(12-42)9-24(41-39(16(3)4)52-14-44)30(33(27)34)37(48)38(35)51-7/h8-10,14-16,21,26,39,41-43,47H,11-13H2,1-7H3,(H,49,50). The third-order valence-electron chi connectivity index (χ3n) is 10.6. The fourth-order valence-electron chi connectivity index (χ4n) is 8.23. The van der Waals surface area contributed by atoms with Crippen LogP contribution in [0.25, 0.3) is 49.2 Å². The number of aliphatic carboxylic acids is 1. The van der Waals surface area contributed by atoms with Gasteiger partial charge in [-0.3, -0.25) is 24.0 Å². The normalized spacial score (nSPS) is 15.5. The number of methoxy groups -OCH3 is 1. The topological polar surface area (TPSA) is 197 Å². The number of ether oxygens (including phenoxy) is 2. The van der Waals surface area contributed by atoms with E-state index in [1.54, 1.807) is 40.7 Å². The molecule has 0 amide bonds. The Hall–Kier alpha value is -5.33. The molecule has 52 heavy (non-hydrogen) atoms. The predicted octanol–water partition coefficient (Wildman–Crippen LogP) is 5.15. The number of carbonyl (C=O) groups is 3. The molecular formula is C40H41NO11. The second-order valence-corrected chi connectivity index (χ2v) is 14.3. The minimum absolute atomic E-state index is 0.0739. The molecule has 5 N–H and O–H groups in total. The zero-order chi connectivity index (χ0) is 38.1. The highest BCUT2D eigenvalue weighted by Crippen LogP contribution is 2.54. The van der Waals surface area contributed by atoms with Crippen LogP contribution in [-0.2, 0) is 38.8 Å². The number of allylic oxidation sites excluding steroid dienone is 1. The number of hydrogen-bond donors (Lipinski definition) is 5. The van der Waals surface area contributed by atoms with Crippen LogP contribution in [0.3, 0.4) is 0 Å². The van der Waals surface area contributed by atoms with Crippen LogP contribution in [0, 0.1) is 17.8 Å². The molecular weight excluding hydrogens is 670 g/mol. The molecule has 0 spiro atoms. The molecule has 0 aromatic heterocycles. The number of fused-ring (bicyclic) bond motifs is 1.